The van der Waals surface area contributed by atoms with Crippen molar-refractivity contribution in [1.82, 2.24) is 10.3 Å². The van der Waals surface area contributed by atoms with Crippen molar-refractivity contribution in [3.63, 3.8) is 0 Å². The van der Waals surface area contributed by atoms with Crippen LogP contribution in [0.15, 0.2) is 42.6 Å². The van der Waals surface area contributed by atoms with Crippen LogP contribution in [0.2, 0.25) is 5.02 Å². The number of aromatic nitrogens is 1. The highest BCUT2D eigenvalue weighted by Crippen LogP contribution is 2.22. The summed E-state index contributed by atoms with van der Waals surface area (Å²) in [6.45, 7) is 2.65. The highest BCUT2D eigenvalue weighted by molar-refractivity contribution is 6.31. The van der Waals surface area contributed by atoms with Gasteiger partial charge in [0.2, 0.25) is 5.91 Å². The lowest BCUT2D eigenvalue weighted by Crippen LogP contribution is -2.34. The predicted molar refractivity (Wildman–Crippen MR) is 85.5 cm³/mol. The molecule has 0 saturated carbocycles. The maximum Gasteiger partial charge on any atom is 0.239 e. The lowest BCUT2D eigenvalue weighted by atomic mass is 10.2. The summed E-state index contributed by atoms with van der Waals surface area (Å²) in [6, 6.07) is 11.4. The number of likely N-dealkylation sites (N-methyl/N-ethyl adjacent to an activating group) is 1. The van der Waals surface area contributed by atoms with Crippen molar-refractivity contribution >= 4 is 23.2 Å². The molecule has 0 saturated heterocycles. The molecule has 0 atom stereocenters. The van der Waals surface area contributed by atoms with Crippen LogP contribution in [-0.2, 0) is 11.3 Å². The first-order valence-electron chi connectivity index (χ1n) is 6.70. The first kappa shape index (κ1) is 15.3. The van der Waals surface area contributed by atoms with Crippen molar-refractivity contribution in [1.29, 1.82) is 0 Å². The van der Waals surface area contributed by atoms with Crippen LogP contribution in [0.25, 0.3) is 0 Å². The van der Waals surface area contributed by atoms with Crippen molar-refractivity contribution in [2.45, 2.75) is 13.5 Å². The van der Waals surface area contributed by atoms with Crippen molar-refractivity contribution in [3.8, 4) is 0 Å². The Bertz CT molecular complexity index is 616. The van der Waals surface area contributed by atoms with E-state index in [4.69, 9.17) is 11.6 Å². The number of rotatable bonds is 5. The van der Waals surface area contributed by atoms with Crippen LogP contribution in [0.3, 0.4) is 0 Å². The standard InChI is InChI=1S/C16H18ClN3O/c1-12-6-7-14(9-15(12)17)20(2)11-16(21)19-10-13-5-3-4-8-18-13/h3-9H,10-11H2,1-2H3,(H,19,21). The van der Waals surface area contributed by atoms with E-state index in [0.29, 0.717) is 11.6 Å². The highest BCUT2D eigenvalue weighted by atomic mass is 35.5. The fourth-order valence-electron chi connectivity index (χ4n) is 1.87. The van der Waals surface area contributed by atoms with E-state index in [1.165, 1.54) is 0 Å². The molecule has 2 rings (SSSR count). The molecule has 0 bridgehead atoms. The number of anilines is 1. The number of hydrogen-bond donors (Lipinski definition) is 1. The van der Waals surface area contributed by atoms with Crippen LogP contribution in [-0.4, -0.2) is 24.5 Å². The van der Waals surface area contributed by atoms with E-state index in [-0.39, 0.29) is 12.5 Å². The zero-order valence-corrected chi connectivity index (χ0v) is 12.9. The number of hydrogen-bond acceptors (Lipinski definition) is 3. The average molecular weight is 304 g/mol. The summed E-state index contributed by atoms with van der Waals surface area (Å²) in [5.41, 5.74) is 2.78. The number of benzene rings is 1. The third kappa shape index (κ3) is 4.46. The van der Waals surface area contributed by atoms with Gasteiger partial charge >= 0.3 is 0 Å². The van der Waals surface area contributed by atoms with Crippen molar-refractivity contribution < 1.29 is 4.79 Å². The Morgan fingerprint density at radius 1 is 1.33 bits per heavy atom. The number of pyridine rings is 1. The molecule has 0 radical (unpaired) electrons. The SMILES string of the molecule is Cc1ccc(N(C)CC(=O)NCc2ccccn2)cc1Cl. The van der Waals surface area contributed by atoms with E-state index in [1.54, 1.807) is 6.20 Å². The first-order valence-corrected chi connectivity index (χ1v) is 7.08. The summed E-state index contributed by atoms with van der Waals surface area (Å²) in [5, 5.41) is 3.55. The molecular weight excluding hydrogens is 286 g/mol. The van der Waals surface area contributed by atoms with E-state index < -0.39 is 0 Å². The van der Waals surface area contributed by atoms with Crippen LogP contribution in [0, 0.1) is 6.92 Å². The summed E-state index contributed by atoms with van der Waals surface area (Å²) in [7, 11) is 1.86. The fraction of sp³-hybridized carbons (Fsp3) is 0.250. The van der Waals surface area contributed by atoms with Crippen molar-refractivity contribution in [3.05, 3.63) is 58.9 Å². The zero-order chi connectivity index (χ0) is 15.2. The number of carbonyl (C=O) groups is 1. The van der Waals surface area contributed by atoms with E-state index in [1.807, 2.05) is 55.3 Å². The average Bonchev–Trinajstić information content (AvgIpc) is 2.49. The number of nitrogens with zero attached hydrogens (tertiary/aromatic N) is 2. The quantitative estimate of drug-likeness (QED) is 0.924. The summed E-state index contributed by atoms with van der Waals surface area (Å²) in [6.07, 6.45) is 1.71. The summed E-state index contributed by atoms with van der Waals surface area (Å²) in [4.78, 5) is 18.0. The molecular formula is C16H18ClN3O. The second kappa shape index (κ2) is 7.09. The second-order valence-electron chi connectivity index (χ2n) is 4.89. The van der Waals surface area contributed by atoms with E-state index in [2.05, 4.69) is 10.3 Å². The molecule has 1 N–H and O–H groups in total. The molecule has 1 heterocycles. The molecule has 0 aliphatic rings. The van der Waals surface area contributed by atoms with Crippen LogP contribution in [0.4, 0.5) is 5.69 Å². The van der Waals surface area contributed by atoms with Crippen LogP contribution < -0.4 is 10.2 Å². The van der Waals surface area contributed by atoms with Gasteiger partial charge < -0.3 is 10.2 Å². The Balaban J connectivity index is 1.88. The van der Waals surface area contributed by atoms with Gasteiger partial charge in [-0.15, -0.1) is 0 Å². The normalized spacial score (nSPS) is 10.2. The van der Waals surface area contributed by atoms with Gasteiger partial charge in [-0.05, 0) is 36.8 Å². The van der Waals surface area contributed by atoms with Gasteiger partial charge in [0.15, 0.2) is 0 Å². The van der Waals surface area contributed by atoms with Gasteiger partial charge in [-0.25, -0.2) is 0 Å². The Morgan fingerprint density at radius 2 is 2.14 bits per heavy atom. The van der Waals surface area contributed by atoms with Gasteiger partial charge in [0, 0.05) is 24.0 Å². The van der Waals surface area contributed by atoms with Gasteiger partial charge in [0.1, 0.15) is 0 Å². The molecule has 0 unspecified atom stereocenters. The Labute approximate surface area is 129 Å². The minimum atomic E-state index is -0.0557. The number of nitrogens with one attached hydrogen (secondary N) is 1. The summed E-state index contributed by atoms with van der Waals surface area (Å²) < 4.78 is 0. The molecule has 1 aromatic heterocycles. The molecule has 1 amide bonds. The van der Waals surface area contributed by atoms with Crippen LogP contribution in [0.1, 0.15) is 11.3 Å². The molecule has 0 aliphatic heterocycles. The van der Waals surface area contributed by atoms with Gasteiger partial charge in [0.05, 0.1) is 18.8 Å². The van der Waals surface area contributed by atoms with Crippen molar-refractivity contribution in [2.24, 2.45) is 0 Å². The molecule has 5 heteroatoms. The van der Waals surface area contributed by atoms with Gasteiger partial charge in [-0.3, -0.25) is 9.78 Å². The number of carbonyl (C=O) groups excluding carboxylic acids is 1. The minimum Gasteiger partial charge on any atom is -0.365 e. The molecule has 0 aliphatic carbocycles. The molecule has 2 aromatic rings. The van der Waals surface area contributed by atoms with Gasteiger partial charge in [-0.2, -0.15) is 0 Å². The first-order chi connectivity index (χ1) is 10.1. The Morgan fingerprint density at radius 3 is 2.81 bits per heavy atom. The largest absolute Gasteiger partial charge is 0.365 e. The van der Waals surface area contributed by atoms with Crippen molar-refractivity contribution in [2.75, 3.05) is 18.5 Å². The number of aryl methyl sites for hydroxylation is 1. The summed E-state index contributed by atoms with van der Waals surface area (Å²) >= 11 is 6.10. The number of amides is 1. The maximum absolute atomic E-state index is 11.9. The minimum absolute atomic E-state index is 0.0557. The molecule has 110 valence electrons. The number of halogens is 1. The molecule has 4 nitrogen and oxygen atoms in total. The topological polar surface area (TPSA) is 45.2 Å². The lowest BCUT2D eigenvalue weighted by Gasteiger charge is -2.19. The Kier molecular flexibility index (Phi) is 5.17. The fourth-order valence-corrected chi connectivity index (χ4v) is 2.05. The molecule has 1 aromatic carbocycles. The van der Waals surface area contributed by atoms with Gasteiger partial charge in [-0.1, -0.05) is 23.7 Å². The predicted octanol–water partition coefficient (Wildman–Crippen LogP) is 2.80. The lowest BCUT2D eigenvalue weighted by molar-refractivity contribution is -0.119. The van der Waals surface area contributed by atoms with Crippen LogP contribution >= 0.6 is 11.6 Å². The molecule has 21 heavy (non-hydrogen) atoms. The van der Waals surface area contributed by atoms with Gasteiger partial charge in [0.25, 0.3) is 0 Å². The van der Waals surface area contributed by atoms with Crippen LogP contribution in [0.5, 0.6) is 0 Å². The smallest absolute Gasteiger partial charge is 0.239 e. The highest BCUT2D eigenvalue weighted by Gasteiger charge is 2.08. The van der Waals surface area contributed by atoms with E-state index >= 15 is 0 Å². The maximum atomic E-state index is 11.9. The molecule has 0 fully saturated rings. The third-order valence-electron chi connectivity index (χ3n) is 3.17. The van der Waals surface area contributed by atoms with E-state index in [0.717, 1.165) is 16.9 Å². The zero-order valence-electron chi connectivity index (χ0n) is 12.1. The van der Waals surface area contributed by atoms with E-state index in [9.17, 15) is 4.79 Å². The second-order valence-corrected chi connectivity index (χ2v) is 5.29. The molecule has 0 spiro atoms. The third-order valence-corrected chi connectivity index (χ3v) is 3.58. The summed E-state index contributed by atoms with van der Waals surface area (Å²) in [5.74, 6) is -0.0557. The monoisotopic (exact) mass is 303 g/mol. The Hall–Kier alpha value is -2.07.